The standard InChI is InChI=1S/C12H11F3O/c13-12(14,15)11(7-5-9-3-4-9)6-1-2-10(16)8-11/h1,6,9H,2-4,8H2. The van der Waals surface area contributed by atoms with Crippen molar-refractivity contribution in [2.45, 2.75) is 31.9 Å². The van der Waals surface area contributed by atoms with Crippen molar-refractivity contribution in [3.63, 3.8) is 0 Å². The summed E-state index contributed by atoms with van der Waals surface area (Å²) < 4.78 is 38.8. The minimum atomic E-state index is -4.47. The summed E-state index contributed by atoms with van der Waals surface area (Å²) in [6.45, 7) is 0. The summed E-state index contributed by atoms with van der Waals surface area (Å²) in [5.41, 5.74) is -2.23. The monoisotopic (exact) mass is 228 g/mol. The van der Waals surface area contributed by atoms with Gasteiger partial charge < -0.3 is 0 Å². The Kier molecular flexibility index (Phi) is 2.57. The number of Topliss-reactive ketones (excluding diaryl/α,β-unsaturated/α-hetero) is 1. The van der Waals surface area contributed by atoms with Crippen LogP contribution in [0.4, 0.5) is 13.2 Å². The van der Waals surface area contributed by atoms with Crippen molar-refractivity contribution in [3.8, 4) is 11.8 Å². The molecule has 1 fully saturated rings. The average molecular weight is 228 g/mol. The molecule has 1 unspecified atom stereocenters. The minimum absolute atomic E-state index is 0.0862. The molecule has 0 N–H and O–H groups in total. The zero-order valence-electron chi connectivity index (χ0n) is 8.60. The minimum Gasteiger partial charge on any atom is -0.299 e. The van der Waals surface area contributed by atoms with E-state index in [0.717, 1.165) is 18.9 Å². The van der Waals surface area contributed by atoms with Gasteiger partial charge in [-0.05, 0) is 12.8 Å². The zero-order chi connectivity index (χ0) is 11.8. The molecule has 0 amide bonds. The lowest BCUT2D eigenvalue weighted by atomic mass is 9.78. The summed E-state index contributed by atoms with van der Waals surface area (Å²) >= 11 is 0. The number of halogens is 3. The van der Waals surface area contributed by atoms with Crippen LogP contribution in [0.5, 0.6) is 0 Å². The lowest BCUT2D eigenvalue weighted by Gasteiger charge is -2.29. The maximum atomic E-state index is 12.9. The van der Waals surface area contributed by atoms with E-state index in [1.165, 1.54) is 6.08 Å². The highest BCUT2D eigenvalue weighted by atomic mass is 19.4. The molecule has 0 radical (unpaired) electrons. The first kappa shape index (κ1) is 11.3. The average Bonchev–Trinajstić information content (AvgIpc) is 2.96. The maximum Gasteiger partial charge on any atom is 0.408 e. The van der Waals surface area contributed by atoms with Crippen LogP contribution in [0, 0.1) is 23.2 Å². The second-order valence-corrected chi connectivity index (χ2v) is 4.33. The van der Waals surface area contributed by atoms with Crippen molar-refractivity contribution in [1.29, 1.82) is 0 Å². The molecule has 0 spiro atoms. The van der Waals surface area contributed by atoms with Crippen LogP contribution >= 0.6 is 0 Å². The maximum absolute atomic E-state index is 12.9. The third kappa shape index (κ3) is 2.13. The van der Waals surface area contributed by atoms with Crippen molar-refractivity contribution in [2.24, 2.45) is 11.3 Å². The van der Waals surface area contributed by atoms with Crippen molar-refractivity contribution < 1.29 is 18.0 Å². The van der Waals surface area contributed by atoms with Gasteiger partial charge in [-0.15, -0.1) is 0 Å². The first-order valence-corrected chi connectivity index (χ1v) is 5.22. The van der Waals surface area contributed by atoms with Crippen LogP contribution in [0.1, 0.15) is 25.7 Å². The number of hydrogen-bond acceptors (Lipinski definition) is 1. The summed E-state index contributed by atoms with van der Waals surface area (Å²) in [5.74, 6) is 4.61. The van der Waals surface area contributed by atoms with E-state index in [0.29, 0.717) is 0 Å². The Morgan fingerprint density at radius 3 is 2.56 bits per heavy atom. The Morgan fingerprint density at radius 2 is 2.06 bits per heavy atom. The van der Waals surface area contributed by atoms with Gasteiger partial charge in [0.2, 0.25) is 0 Å². The molecule has 2 aliphatic carbocycles. The van der Waals surface area contributed by atoms with E-state index in [-0.39, 0.29) is 12.3 Å². The quantitative estimate of drug-likeness (QED) is 0.460. The molecule has 16 heavy (non-hydrogen) atoms. The molecular weight excluding hydrogens is 217 g/mol. The summed E-state index contributed by atoms with van der Waals surface area (Å²) in [6.07, 6.45) is -0.848. The van der Waals surface area contributed by atoms with Gasteiger partial charge in [0.1, 0.15) is 5.78 Å². The van der Waals surface area contributed by atoms with Gasteiger partial charge in [-0.1, -0.05) is 24.0 Å². The van der Waals surface area contributed by atoms with Gasteiger partial charge in [0.05, 0.1) is 0 Å². The molecule has 0 aromatic carbocycles. The fraction of sp³-hybridized carbons (Fsp3) is 0.583. The van der Waals surface area contributed by atoms with Crippen molar-refractivity contribution in [3.05, 3.63) is 12.2 Å². The summed E-state index contributed by atoms with van der Waals surface area (Å²) in [7, 11) is 0. The van der Waals surface area contributed by atoms with E-state index in [1.807, 2.05) is 0 Å². The second kappa shape index (κ2) is 3.65. The highest BCUT2D eigenvalue weighted by Gasteiger charge is 2.54. The van der Waals surface area contributed by atoms with Crippen LogP contribution in [-0.2, 0) is 4.79 Å². The van der Waals surface area contributed by atoms with Gasteiger partial charge in [-0.3, -0.25) is 4.79 Å². The van der Waals surface area contributed by atoms with Crippen molar-refractivity contribution in [2.75, 3.05) is 0 Å². The lowest BCUT2D eigenvalue weighted by Crippen LogP contribution is -2.38. The Hall–Kier alpha value is -1.24. The predicted molar refractivity (Wildman–Crippen MR) is 52.4 cm³/mol. The predicted octanol–water partition coefficient (Wildman–Crippen LogP) is 2.87. The molecule has 86 valence electrons. The van der Waals surface area contributed by atoms with Gasteiger partial charge in [-0.2, -0.15) is 13.2 Å². The number of ketones is 1. The highest BCUT2D eigenvalue weighted by Crippen LogP contribution is 2.44. The molecule has 0 aromatic heterocycles. The van der Waals surface area contributed by atoms with E-state index in [1.54, 1.807) is 0 Å². The molecule has 0 bridgehead atoms. The highest BCUT2D eigenvalue weighted by molar-refractivity contribution is 5.83. The van der Waals surface area contributed by atoms with E-state index in [9.17, 15) is 18.0 Å². The van der Waals surface area contributed by atoms with Crippen LogP contribution in [0.25, 0.3) is 0 Å². The molecule has 0 aliphatic heterocycles. The Bertz CT molecular complexity index is 393. The van der Waals surface area contributed by atoms with Crippen molar-refractivity contribution >= 4 is 5.78 Å². The number of allylic oxidation sites excluding steroid dienone is 2. The van der Waals surface area contributed by atoms with Crippen LogP contribution in [0.15, 0.2) is 12.2 Å². The molecule has 0 aromatic rings. The molecule has 2 rings (SSSR count). The molecular formula is C12H11F3O. The Morgan fingerprint density at radius 1 is 1.38 bits per heavy atom. The summed E-state index contributed by atoms with van der Waals surface area (Å²) in [6, 6.07) is 0. The van der Waals surface area contributed by atoms with E-state index < -0.39 is 23.8 Å². The van der Waals surface area contributed by atoms with Crippen LogP contribution < -0.4 is 0 Å². The number of hydrogen-bond donors (Lipinski definition) is 0. The summed E-state index contributed by atoms with van der Waals surface area (Å²) in [5, 5.41) is 0. The van der Waals surface area contributed by atoms with Gasteiger partial charge in [0.15, 0.2) is 5.41 Å². The molecule has 1 atom stereocenters. The molecule has 1 nitrogen and oxygen atoms in total. The normalized spacial score (nSPS) is 29.8. The van der Waals surface area contributed by atoms with Gasteiger partial charge in [0.25, 0.3) is 0 Å². The first-order valence-electron chi connectivity index (χ1n) is 5.22. The number of carbonyl (C=O) groups is 1. The fourth-order valence-corrected chi connectivity index (χ4v) is 1.64. The number of rotatable bonds is 0. The van der Waals surface area contributed by atoms with E-state index in [4.69, 9.17) is 0 Å². The Labute approximate surface area is 91.7 Å². The van der Waals surface area contributed by atoms with Gasteiger partial charge >= 0.3 is 6.18 Å². The molecule has 4 heteroatoms. The number of carbonyl (C=O) groups excluding carboxylic acids is 1. The molecule has 2 aliphatic rings. The zero-order valence-corrected chi connectivity index (χ0v) is 8.60. The van der Waals surface area contributed by atoms with E-state index in [2.05, 4.69) is 11.8 Å². The molecule has 0 saturated heterocycles. The van der Waals surface area contributed by atoms with Crippen LogP contribution in [0.3, 0.4) is 0 Å². The van der Waals surface area contributed by atoms with Crippen LogP contribution in [-0.4, -0.2) is 12.0 Å². The van der Waals surface area contributed by atoms with E-state index >= 15 is 0 Å². The first-order chi connectivity index (χ1) is 7.43. The largest absolute Gasteiger partial charge is 0.408 e. The third-order valence-electron chi connectivity index (χ3n) is 2.81. The van der Waals surface area contributed by atoms with Crippen LogP contribution in [0.2, 0.25) is 0 Å². The SMILES string of the molecule is O=C1CC=CC(C#CC2CC2)(C(F)(F)F)C1. The summed E-state index contributed by atoms with van der Waals surface area (Å²) in [4.78, 5) is 11.2. The van der Waals surface area contributed by atoms with Gasteiger partial charge in [-0.25, -0.2) is 0 Å². The molecule has 0 heterocycles. The smallest absolute Gasteiger partial charge is 0.299 e. The van der Waals surface area contributed by atoms with Crippen molar-refractivity contribution in [1.82, 2.24) is 0 Å². The fourth-order valence-electron chi connectivity index (χ4n) is 1.64. The topological polar surface area (TPSA) is 17.1 Å². The third-order valence-corrected chi connectivity index (χ3v) is 2.81. The second-order valence-electron chi connectivity index (χ2n) is 4.33. The lowest BCUT2D eigenvalue weighted by molar-refractivity contribution is -0.190. The number of alkyl halides is 3. The van der Waals surface area contributed by atoms with Gasteiger partial charge in [0, 0.05) is 18.8 Å². The Balaban J connectivity index is 2.32. The molecule has 1 saturated carbocycles.